The minimum atomic E-state index is -2.90. The van der Waals surface area contributed by atoms with Crippen LogP contribution < -0.4 is 10.5 Å². The van der Waals surface area contributed by atoms with Gasteiger partial charge in [0.15, 0.2) is 0 Å². The largest absolute Gasteiger partial charge is 0.490 e. The van der Waals surface area contributed by atoms with Crippen molar-refractivity contribution in [2.75, 3.05) is 6.61 Å². The number of ether oxygens (including phenoxy) is 1. The molecule has 8 heteroatoms. The van der Waals surface area contributed by atoms with Crippen LogP contribution in [0.5, 0.6) is 5.75 Å². The molecule has 0 saturated heterocycles. The van der Waals surface area contributed by atoms with E-state index in [-0.39, 0.29) is 23.6 Å². The maximum Gasteiger partial charge on any atom is 0.284 e. The Labute approximate surface area is 155 Å². The van der Waals surface area contributed by atoms with Gasteiger partial charge in [-0.15, -0.1) is 6.58 Å². The molecule has 27 heavy (non-hydrogen) atoms. The van der Waals surface area contributed by atoms with Crippen molar-refractivity contribution in [1.29, 1.82) is 0 Å². The molecule has 2 aromatic rings. The van der Waals surface area contributed by atoms with Crippen LogP contribution in [-0.2, 0) is 0 Å². The molecule has 0 unspecified atom stereocenters. The first kappa shape index (κ1) is 20.8. The Morgan fingerprint density at radius 1 is 1.22 bits per heavy atom. The quantitative estimate of drug-likeness (QED) is 0.510. The fraction of sp³-hybridized carbons (Fsp3) is 0.368. The normalized spacial score (nSPS) is 13.7. The number of nitrogens with zero attached hydrogens (tertiary/aromatic N) is 2. The minimum absolute atomic E-state index is 0.00854. The van der Waals surface area contributed by atoms with E-state index in [1.165, 1.54) is 24.4 Å². The van der Waals surface area contributed by atoms with Gasteiger partial charge in [0.2, 0.25) is 0 Å². The SMILES string of the molecule is C=C(C)C[C@@](C)(N)COc1ccc(-c2ccnc(C(F)F)c2)nc1C(F)F. The highest BCUT2D eigenvalue weighted by Gasteiger charge is 2.23. The van der Waals surface area contributed by atoms with Gasteiger partial charge < -0.3 is 10.5 Å². The molecule has 0 fully saturated rings. The zero-order valence-corrected chi connectivity index (χ0v) is 15.1. The molecule has 0 aromatic carbocycles. The van der Waals surface area contributed by atoms with Gasteiger partial charge in [-0.2, -0.15) is 0 Å². The Hall–Kier alpha value is -2.48. The highest BCUT2D eigenvalue weighted by Crippen LogP contribution is 2.31. The lowest BCUT2D eigenvalue weighted by atomic mass is 9.96. The first-order valence-corrected chi connectivity index (χ1v) is 8.18. The van der Waals surface area contributed by atoms with Gasteiger partial charge in [-0.3, -0.25) is 4.98 Å². The van der Waals surface area contributed by atoms with Crippen LogP contribution in [0.3, 0.4) is 0 Å². The van der Waals surface area contributed by atoms with Gasteiger partial charge in [-0.05, 0) is 44.5 Å². The molecule has 0 spiro atoms. The van der Waals surface area contributed by atoms with Crippen LogP contribution in [0.2, 0.25) is 0 Å². The third-order valence-corrected chi connectivity index (χ3v) is 3.66. The van der Waals surface area contributed by atoms with Gasteiger partial charge in [0, 0.05) is 11.8 Å². The summed E-state index contributed by atoms with van der Waals surface area (Å²) in [5.74, 6) is -0.102. The van der Waals surface area contributed by atoms with E-state index in [1.54, 1.807) is 6.92 Å². The average molecular weight is 383 g/mol. The first-order chi connectivity index (χ1) is 12.6. The Bertz CT molecular complexity index is 809. The van der Waals surface area contributed by atoms with Crippen LogP contribution in [0.4, 0.5) is 17.6 Å². The van der Waals surface area contributed by atoms with E-state index in [0.29, 0.717) is 6.42 Å². The molecule has 4 nitrogen and oxygen atoms in total. The summed E-state index contributed by atoms with van der Waals surface area (Å²) in [6.45, 7) is 7.32. The summed E-state index contributed by atoms with van der Waals surface area (Å²) in [5.41, 5.74) is 5.52. The number of hydrogen-bond acceptors (Lipinski definition) is 4. The molecule has 0 saturated carbocycles. The topological polar surface area (TPSA) is 61.0 Å². The minimum Gasteiger partial charge on any atom is -0.490 e. The summed E-state index contributed by atoms with van der Waals surface area (Å²) in [6.07, 6.45) is -4.02. The molecule has 0 radical (unpaired) electrons. The van der Waals surface area contributed by atoms with Gasteiger partial charge in [0.25, 0.3) is 12.9 Å². The highest BCUT2D eigenvalue weighted by atomic mass is 19.3. The summed E-state index contributed by atoms with van der Waals surface area (Å²) in [4.78, 5) is 7.45. The molecule has 2 aromatic heterocycles. The molecule has 0 amide bonds. The van der Waals surface area contributed by atoms with Crippen LogP contribution >= 0.6 is 0 Å². The summed E-state index contributed by atoms with van der Waals surface area (Å²) in [5, 5.41) is 0. The maximum absolute atomic E-state index is 13.4. The van der Waals surface area contributed by atoms with E-state index in [0.717, 1.165) is 11.6 Å². The van der Waals surface area contributed by atoms with Crippen molar-refractivity contribution in [3.05, 3.63) is 54.0 Å². The Balaban J connectivity index is 2.29. The molecule has 0 aliphatic heterocycles. The molecule has 2 N–H and O–H groups in total. The van der Waals surface area contributed by atoms with E-state index in [1.807, 2.05) is 6.92 Å². The molecule has 0 aliphatic carbocycles. The first-order valence-electron chi connectivity index (χ1n) is 8.18. The lowest BCUT2D eigenvalue weighted by molar-refractivity contribution is 0.136. The number of alkyl halides is 4. The maximum atomic E-state index is 13.4. The van der Waals surface area contributed by atoms with Gasteiger partial charge >= 0.3 is 0 Å². The predicted octanol–water partition coefficient (Wildman–Crippen LogP) is 5.08. The molecule has 146 valence electrons. The summed E-state index contributed by atoms with van der Waals surface area (Å²) in [6, 6.07) is 5.31. The third-order valence-electron chi connectivity index (χ3n) is 3.66. The predicted molar refractivity (Wildman–Crippen MR) is 94.9 cm³/mol. The van der Waals surface area contributed by atoms with Gasteiger partial charge in [-0.25, -0.2) is 22.5 Å². The van der Waals surface area contributed by atoms with Crippen molar-refractivity contribution < 1.29 is 22.3 Å². The van der Waals surface area contributed by atoms with Crippen molar-refractivity contribution >= 4 is 0 Å². The van der Waals surface area contributed by atoms with E-state index < -0.39 is 29.8 Å². The van der Waals surface area contributed by atoms with Crippen LogP contribution in [0.15, 0.2) is 42.6 Å². The van der Waals surface area contributed by atoms with Crippen LogP contribution in [0.25, 0.3) is 11.3 Å². The standard InChI is InChI=1S/C19H21F4N3O/c1-11(2)9-19(3,24)10-27-15-5-4-13(26-16(15)18(22)23)12-6-7-25-14(8-12)17(20)21/h4-8,17-18H,1,9-10,24H2,2-3H3/t19-/m1/s1. The zero-order valence-electron chi connectivity index (χ0n) is 15.1. The van der Waals surface area contributed by atoms with Crippen molar-refractivity contribution in [2.24, 2.45) is 5.73 Å². The zero-order chi connectivity index (χ0) is 20.2. The molecule has 0 aliphatic rings. The van der Waals surface area contributed by atoms with Crippen molar-refractivity contribution in [1.82, 2.24) is 9.97 Å². The average Bonchev–Trinajstić information content (AvgIpc) is 2.58. The fourth-order valence-corrected chi connectivity index (χ4v) is 2.61. The number of pyridine rings is 2. The lowest BCUT2D eigenvalue weighted by Gasteiger charge is -2.25. The monoisotopic (exact) mass is 383 g/mol. The third kappa shape index (κ3) is 5.75. The van der Waals surface area contributed by atoms with E-state index >= 15 is 0 Å². The number of nitrogens with two attached hydrogens (primary N) is 1. The molecule has 0 bridgehead atoms. The van der Waals surface area contributed by atoms with E-state index in [4.69, 9.17) is 10.5 Å². The molecule has 2 heterocycles. The number of halogens is 4. The van der Waals surface area contributed by atoms with Gasteiger partial charge in [-0.1, -0.05) is 5.57 Å². The summed E-state index contributed by atoms with van der Waals surface area (Å²) >= 11 is 0. The van der Waals surface area contributed by atoms with Gasteiger partial charge in [0.05, 0.1) is 11.2 Å². The Morgan fingerprint density at radius 2 is 1.93 bits per heavy atom. The fourth-order valence-electron chi connectivity index (χ4n) is 2.61. The summed E-state index contributed by atoms with van der Waals surface area (Å²) < 4.78 is 57.9. The molecular weight excluding hydrogens is 362 g/mol. The Kier molecular flexibility index (Phi) is 6.54. The summed E-state index contributed by atoms with van der Waals surface area (Å²) in [7, 11) is 0. The molecule has 2 rings (SSSR count). The smallest absolute Gasteiger partial charge is 0.284 e. The number of hydrogen-bond donors (Lipinski definition) is 1. The van der Waals surface area contributed by atoms with Crippen molar-refractivity contribution in [3.63, 3.8) is 0 Å². The van der Waals surface area contributed by atoms with Crippen molar-refractivity contribution in [3.8, 4) is 17.0 Å². The number of aromatic nitrogens is 2. The van der Waals surface area contributed by atoms with E-state index in [9.17, 15) is 17.6 Å². The van der Waals surface area contributed by atoms with Gasteiger partial charge in [0.1, 0.15) is 23.7 Å². The van der Waals surface area contributed by atoms with Crippen LogP contribution in [0, 0.1) is 0 Å². The Morgan fingerprint density at radius 3 is 2.52 bits per heavy atom. The molecular formula is C19H21F4N3O. The second-order valence-electron chi connectivity index (χ2n) is 6.73. The van der Waals surface area contributed by atoms with E-state index in [2.05, 4.69) is 16.5 Å². The second-order valence-corrected chi connectivity index (χ2v) is 6.73. The van der Waals surface area contributed by atoms with Crippen LogP contribution in [0.1, 0.15) is 44.5 Å². The lowest BCUT2D eigenvalue weighted by Crippen LogP contribution is -2.42. The van der Waals surface area contributed by atoms with Crippen LogP contribution in [-0.4, -0.2) is 22.1 Å². The highest BCUT2D eigenvalue weighted by molar-refractivity contribution is 5.60. The van der Waals surface area contributed by atoms with Crippen molar-refractivity contribution in [2.45, 2.75) is 38.7 Å². The number of rotatable bonds is 8. The second kappa shape index (κ2) is 8.47. The molecule has 1 atom stereocenters.